The van der Waals surface area contributed by atoms with Crippen molar-refractivity contribution in [3.8, 4) is 17.0 Å². The van der Waals surface area contributed by atoms with Gasteiger partial charge in [-0.25, -0.2) is 4.98 Å². The van der Waals surface area contributed by atoms with Gasteiger partial charge in [-0.05, 0) is 18.2 Å². The number of aromatic nitrogens is 1. The van der Waals surface area contributed by atoms with Crippen LogP contribution in [0.5, 0.6) is 5.75 Å². The molecule has 0 unspecified atom stereocenters. The van der Waals surface area contributed by atoms with Crippen LogP contribution in [0.25, 0.3) is 11.3 Å². The Morgan fingerprint density at radius 2 is 2.40 bits per heavy atom. The molecular formula is C11H10N2OS. The average molecular weight is 218 g/mol. The van der Waals surface area contributed by atoms with Crippen LogP contribution in [-0.2, 0) is 6.54 Å². The Morgan fingerprint density at radius 3 is 3.27 bits per heavy atom. The van der Waals surface area contributed by atoms with Crippen molar-refractivity contribution in [1.82, 2.24) is 4.98 Å². The first-order valence-electron chi connectivity index (χ1n) is 4.73. The second kappa shape index (κ2) is 3.24. The van der Waals surface area contributed by atoms with Crippen LogP contribution in [-0.4, -0.2) is 12.1 Å². The number of nitrogens with zero attached hydrogens (tertiary/aromatic N) is 1. The van der Waals surface area contributed by atoms with Crippen molar-refractivity contribution >= 4 is 17.0 Å². The van der Waals surface area contributed by atoms with E-state index in [2.05, 4.69) is 10.3 Å². The number of fused-ring (bicyclic) bond motifs is 3. The number of thiazole rings is 1. The summed E-state index contributed by atoms with van der Waals surface area (Å²) in [6.45, 7) is 0.874. The van der Waals surface area contributed by atoms with Gasteiger partial charge in [-0.2, -0.15) is 0 Å². The van der Waals surface area contributed by atoms with Gasteiger partial charge in [0, 0.05) is 11.3 Å². The Labute approximate surface area is 91.7 Å². The van der Waals surface area contributed by atoms with Gasteiger partial charge in [-0.1, -0.05) is 0 Å². The minimum atomic E-state index is 0.872. The molecule has 0 fully saturated rings. The fraction of sp³-hybridized carbons (Fsp3) is 0.182. The Bertz CT molecular complexity index is 507. The van der Waals surface area contributed by atoms with E-state index in [9.17, 15) is 0 Å². The molecule has 3 rings (SSSR count). The number of hydrogen-bond donors (Lipinski definition) is 1. The molecule has 0 saturated carbocycles. The summed E-state index contributed by atoms with van der Waals surface area (Å²) in [6, 6.07) is 6.03. The molecular weight excluding hydrogens is 208 g/mol. The van der Waals surface area contributed by atoms with Gasteiger partial charge in [0.25, 0.3) is 0 Å². The van der Waals surface area contributed by atoms with Crippen molar-refractivity contribution in [1.29, 1.82) is 0 Å². The highest BCUT2D eigenvalue weighted by Gasteiger charge is 2.18. The topological polar surface area (TPSA) is 34.1 Å². The smallest absolute Gasteiger partial charge is 0.119 e. The van der Waals surface area contributed by atoms with Gasteiger partial charge >= 0.3 is 0 Å². The molecule has 1 aromatic carbocycles. The third-order valence-corrected chi connectivity index (χ3v) is 3.40. The molecule has 0 bridgehead atoms. The van der Waals surface area contributed by atoms with Gasteiger partial charge in [0.15, 0.2) is 0 Å². The largest absolute Gasteiger partial charge is 0.497 e. The van der Waals surface area contributed by atoms with Gasteiger partial charge in [0.1, 0.15) is 5.75 Å². The van der Waals surface area contributed by atoms with E-state index >= 15 is 0 Å². The number of rotatable bonds is 1. The summed E-state index contributed by atoms with van der Waals surface area (Å²) in [5.41, 5.74) is 5.25. The fourth-order valence-electron chi connectivity index (χ4n) is 1.79. The molecule has 1 aromatic heterocycles. The third-order valence-electron chi connectivity index (χ3n) is 2.56. The summed E-state index contributed by atoms with van der Waals surface area (Å²) in [5, 5.41) is 3.37. The standard InChI is InChI=1S/C11H10N2OS/c1-14-7-2-3-9-8(4-7)11-10(5-12-9)15-6-13-11/h2-4,6,12H,5H2,1H3. The van der Waals surface area contributed by atoms with Gasteiger partial charge in [0.05, 0.1) is 29.7 Å². The van der Waals surface area contributed by atoms with Crippen LogP contribution in [0.4, 0.5) is 5.69 Å². The second-order valence-corrected chi connectivity index (χ2v) is 4.33. The average Bonchev–Trinajstić information content (AvgIpc) is 2.76. The van der Waals surface area contributed by atoms with Gasteiger partial charge in [-0.3, -0.25) is 0 Å². The summed E-state index contributed by atoms with van der Waals surface area (Å²) in [6.07, 6.45) is 0. The number of hydrogen-bond acceptors (Lipinski definition) is 4. The van der Waals surface area contributed by atoms with Crippen molar-refractivity contribution in [2.45, 2.75) is 6.54 Å². The fourth-order valence-corrected chi connectivity index (χ4v) is 2.51. The van der Waals surface area contributed by atoms with Crippen LogP contribution < -0.4 is 10.1 Å². The first-order valence-corrected chi connectivity index (χ1v) is 5.61. The summed E-state index contributed by atoms with van der Waals surface area (Å²) >= 11 is 1.69. The van der Waals surface area contributed by atoms with E-state index in [4.69, 9.17) is 4.74 Å². The highest BCUT2D eigenvalue weighted by atomic mass is 32.1. The van der Waals surface area contributed by atoms with Crippen molar-refractivity contribution in [3.05, 3.63) is 28.6 Å². The number of nitrogens with one attached hydrogen (secondary N) is 1. The first kappa shape index (κ1) is 8.73. The maximum Gasteiger partial charge on any atom is 0.119 e. The normalized spacial score (nSPS) is 12.6. The molecule has 1 aliphatic heterocycles. The van der Waals surface area contributed by atoms with Crippen LogP contribution in [0, 0.1) is 0 Å². The molecule has 0 spiro atoms. The quantitative estimate of drug-likeness (QED) is 0.799. The third kappa shape index (κ3) is 1.29. The molecule has 1 aliphatic rings. The Hall–Kier alpha value is -1.55. The Balaban J connectivity index is 2.21. The number of anilines is 1. The van der Waals surface area contributed by atoms with Crippen LogP contribution in [0.1, 0.15) is 4.88 Å². The maximum atomic E-state index is 5.22. The molecule has 3 nitrogen and oxygen atoms in total. The van der Waals surface area contributed by atoms with E-state index in [0.29, 0.717) is 0 Å². The SMILES string of the molecule is COc1ccc2c(c1)-c1ncsc1CN2. The molecule has 0 radical (unpaired) electrons. The minimum Gasteiger partial charge on any atom is -0.497 e. The monoisotopic (exact) mass is 218 g/mol. The molecule has 76 valence electrons. The highest BCUT2D eigenvalue weighted by Crippen LogP contribution is 2.38. The number of methoxy groups -OCH3 is 1. The molecule has 2 heterocycles. The first-order chi connectivity index (χ1) is 7.38. The second-order valence-electron chi connectivity index (χ2n) is 3.39. The van der Waals surface area contributed by atoms with Crippen LogP contribution in [0.2, 0.25) is 0 Å². The lowest BCUT2D eigenvalue weighted by atomic mass is 10.0. The Kier molecular flexibility index (Phi) is 1.89. The van der Waals surface area contributed by atoms with E-state index in [-0.39, 0.29) is 0 Å². The molecule has 2 aromatic rings. The number of ether oxygens (including phenoxy) is 1. The summed E-state index contributed by atoms with van der Waals surface area (Å²) < 4.78 is 5.22. The molecule has 0 saturated heterocycles. The predicted molar refractivity (Wildman–Crippen MR) is 61.4 cm³/mol. The zero-order chi connectivity index (χ0) is 10.3. The zero-order valence-electron chi connectivity index (χ0n) is 8.28. The summed E-state index contributed by atoms with van der Waals surface area (Å²) in [7, 11) is 1.68. The van der Waals surface area contributed by atoms with E-state index in [0.717, 1.165) is 29.2 Å². The van der Waals surface area contributed by atoms with Crippen LogP contribution in [0.15, 0.2) is 23.7 Å². The van der Waals surface area contributed by atoms with E-state index in [1.165, 1.54) is 4.88 Å². The minimum absolute atomic E-state index is 0.872. The lowest BCUT2D eigenvalue weighted by Gasteiger charge is -2.17. The van der Waals surface area contributed by atoms with Crippen molar-refractivity contribution in [2.24, 2.45) is 0 Å². The molecule has 0 atom stereocenters. The van der Waals surface area contributed by atoms with Crippen molar-refractivity contribution in [2.75, 3.05) is 12.4 Å². The zero-order valence-corrected chi connectivity index (χ0v) is 9.10. The van der Waals surface area contributed by atoms with Gasteiger partial charge in [-0.15, -0.1) is 11.3 Å². The van der Waals surface area contributed by atoms with Gasteiger partial charge in [0.2, 0.25) is 0 Å². The molecule has 1 N–H and O–H groups in total. The summed E-state index contributed by atoms with van der Waals surface area (Å²) in [4.78, 5) is 5.68. The summed E-state index contributed by atoms with van der Waals surface area (Å²) in [5.74, 6) is 0.872. The molecule has 15 heavy (non-hydrogen) atoms. The van der Waals surface area contributed by atoms with Crippen molar-refractivity contribution < 1.29 is 4.74 Å². The lowest BCUT2D eigenvalue weighted by molar-refractivity contribution is 0.415. The predicted octanol–water partition coefficient (Wildman–Crippen LogP) is 2.74. The van der Waals surface area contributed by atoms with Crippen LogP contribution >= 0.6 is 11.3 Å². The van der Waals surface area contributed by atoms with Crippen LogP contribution in [0.3, 0.4) is 0 Å². The number of benzene rings is 1. The van der Waals surface area contributed by atoms with Gasteiger partial charge < -0.3 is 10.1 Å². The molecule has 0 aliphatic carbocycles. The van der Waals surface area contributed by atoms with E-state index in [1.54, 1.807) is 18.4 Å². The van der Waals surface area contributed by atoms with E-state index in [1.807, 2.05) is 23.7 Å². The highest BCUT2D eigenvalue weighted by molar-refractivity contribution is 7.10. The van der Waals surface area contributed by atoms with Crippen molar-refractivity contribution in [3.63, 3.8) is 0 Å². The lowest BCUT2D eigenvalue weighted by Crippen LogP contribution is -2.06. The van der Waals surface area contributed by atoms with E-state index < -0.39 is 0 Å². The molecule has 0 amide bonds. The molecule has 4 heteroatoms. The maximum absolute atomic E-state index is 5.22. The Morgan fingerprint density at radius 1 is 1.47 bits per heavy atom.